The van der Waals surface area contributed by atoms with Gasteiger partial charge in [0.15, 0.2) is 11.5 Å². The van der Waals surface area contributed by atoms with Gasteiger partial charge < -0.3 is 29.2 Å². The van der Waals surface area contributed by atoms with E-state index in [9.17, 15) is 10.1 Å². The number of aromatic nitrogens is 3. The second-order valence-electron chi connectivity index (χ2n) is 7.01. The molecule has 1 aromatic carbocycles. The minimum absolute atomic E-state index is 0.405. The summed E-state index contributed by atoms with van der Waals surface area (Å²) >= 11 is 0. The summed E-state index contributed by atoms with van der Waals surface area (Å²) in [5.74, 6) is 1.33. The summed E-state index contributed by atoms with van der Waals surface area (Å²) in [4.78, 5) is 19.0. The van der Waals surface area contributed by atoms with Gasteiger partial charge in [0.1, 0.15) is 0 Å². The van der Waals surface area contributed by atoms with Crippen LogP contribution < -0.4 is 14.4 Å². The number of ether oxygens (including phenoxy) is 3. The molecule has 1 aliphatic heterocycles. The number of methoxy groups -OCH3 is 2. The maximum Gasteiger partial charge on any atom is 0.493 e. The third-order valence-electron chi connectivity index (χ3n) is 5.00. The number of benzene rings is 1. The highest BCUT2D eigenvalue weighted by Crippen LogP contribution is 2.29. The predicted octanol–water partition coefficient (Wildman–Crippen LogP) is 1.47. The molecule has 0 saturated carbocycles. The summed E-state index contributed by atoms with van der Waals surface area (Å²) in [6, 6.07) is 5.69. The smallest absolute Gasteiger partial charge is 0.493 e. The lowest BCUT2D eigenvalue weighted by molar-refractivity contribution is -0.394. The van der Waals surface area contributed by atoms with E-state index in [4.69, 9.17) is 14.2 Å². The fraction of sp³-hybridized carbons (Fsp3) is 0.579. The van der Waals surface area contributed by atoms with Crippen LogP contribution in [0.25, 0.3) is 0 Å². The van der Waals surface area contributed by atoms with E-state index in [2.05, 4.69) is 15.0 Å². The largest absolute Gasteiger partial charge is 0.493 e. The number of hydrogen-bond acceptors (Lipinski definition) is 9. The third-order valence-corrected chi connectivity index (χ3v) is 5.00. The van der Waals surface area contributed by atoms with Crippen molar-refractivity contribution < 1.29 is 19.1 Å². The van der Waals surface area contributed by atoms with Gasteiger partial charge in [-0.3, -0.25) is 4.90 Å². The normalized spacial score (nSPS) is 14.5. The average molecular weight is 420 g/mol. The van der Waals surface area contributed by atoms with Crippen molar-refractivity contribution in [3.05, 3.63) is 33.9 Å². The van der Waals surface area contributed by atoms with E-state index in [0.717, 1.165) is 44.8 Å². The van der Waals surface area contributed by atoms with Crippen molar-refractivity contribution in [1.82, 2.24) is 19.7 Å². The molecule has 0 N–H and O–H groups in total. The molecule has 0 atom stereocenters. The molecule has 164 valence electrons. The molecule has 0 bridgehead atoms. The van der Waals surface area contributed by atoms with Gasteiger partial charge in [0.05, 0.1) is 27.4 Å². The molecule has 0 amide bonds. The van der Waals surface area contributed by atoms with Crippen molar-refractivity contribution in [1.29, 1.82) is 0 Å². The van der Waals surface area contributed by atoms with Crippen LogP contribution in [0.2, 0.25) is 0 Å². The van der Waals surface area contributed by atoms with E-state index in [1.165, 1.54) is 4.68 Å². The van der Waals surface area contributed by atoms with E-state index < -0.39 is 10.9 Å². The van der Waals surface area contributed by atoms with Crippen molar-refractivity contribution in [2.75, 3.05) is 58.5 Å². The Kier molecular flexibility index (Phi) is 7.41. The number of nitrogens with zero attached hydrogens (tertiary/aromatic N) is 6. The molecule has 1 aromatic heterocycles. The Labute approximate surface area is 175 Å². The Balaban J connectivity index is 1.77. The summed E-state index contributed by atoms with van der Waals surface area (Å²) in [6.45, 7) is 5.46. The van der Waals surface area contributed by atoms with Gasteiger partial charge in [-0.05, 0) is 34.0 Å². The molecule has 30 heavy (non-hydrogen) atoms. The Morgan fingerprint density at radius 1 is 1.23 bits per heavy atom. The first-order valence-corrected chi connectivity index (χ1v) is 9.83. The Morgan fingerprint density at radius 2 is 1.97 bits per heavy atom. The second kappa shape index (κ2) is 10.2. The number of aryl methyl sites for hydroxylation is 1. The number of morpholine rings is 1. The molecule has 1 aliphatic rings. The molecule has 0 spiro atoms. The zero-order chi connectivity index (χ0) is 21.5. The Hall–Kier alpha value is -2.92. The first-order chi connectivity index (χ1) is 14.5. The zero-order valence-corrected chi connectivity index (χ0v) is 17.6. The van der Waals surface area contributed by atoms with Crippen molar-refractivity contribution in [2.45, 2.75) is 13.0 Å². The van der Waals surface area contributed by atoms with E-state index in [-0.39, 0.29) is 0 Å². The summed E-state index contributed by atoms with van der Waals surface area (Å²) in [6.07, 6.45) is 0.883. The van der Waals surface area contributed by atoms with Crippen LogP contribution in [0.3, 0.4) is 0 Å². The van der Waals surface area contributed by atoms with Gasteiger partial charge in [0, 0.05) is 44.9 Å². The third kappa shape index (κ3) is 5.36. The molecule has 0 unspecified atom stereocenters. The molecule has 11 nitrogen and oxygen atoms in total. The quantitative estimate of drug-likeness (QED) is 0.417. The summed E-state index contributed by atoms with van der Waals surface area (Å²) in [7, 11) is 4.85. The molecule has 1 saturated heterocycles. The SMILES string of the molecule is COc1ccc(CN(CCCN2CCOCC2)c2nc([N+](=O)[O-])nn2C)cc1OC. The second-order valence-corrected chi connectivity index (χ2v) is 7.01. The fourth-order valence-electron chi connectivity index (χ4n) is 3.47. The lowest BCUT2D eigenvalue weighted by Gasteiger charge is -2.28. The van der Waals surface area contributed by atoms with Gasteiger partial charge in [-0.15, -0.1) is 0 Å². The topological polar surface area (TPSA) is 108 Å². The van der Waals surface area contributed by atoms with Gasteiger partial charge in [0.25, 0.3) is 0 Å². The summed E-state index contributed by atoms with van der Waals surface area (Å²) < 4.78 is 17.6. The standard InChI is InChI=1S/C19H28N6O5/c1-22-19(20-18(21-22)25(26)27)24(8-4-7-23-9-11-30-12-10-23)14-15-5-6-16(28-2)17(13-15)29-3/h5-6,13H,4,7-12,14H2,1-3H3. The van der Waals surface area contributed by atoms with Gasteiger partial charge in [-0.25, -0.2) is 0 Å². The van der Waals surface area contributed by atoms with Crippen LogP contribution >= 0.6 is 0 Å². The van der Waals surface area contributed by atoms with E-state index in [0.29, 0.717) is 30.5 Å². The van der Waals surface area contributed by atoms with Crippen LogP contribution in [0, 0.1) is 10.1 Å². The average Bonchev–Trinajstić information content (AvgIpc) is 3.15. The molecule has 2 heterocycles. The molecule has 2 aromatic rings. The van der Waals surface area contributed by atoms with Crippen molar-refractivity contribution in [3.63, 3.8) is 0 Å². The van der Waals surface area contributed by atoms with Crippen LogP contribution in [0.15, 0.2) is 18.2 Å². The van der Waals surface area contributed by atoms with Gasteiger partial charge in [-0.2, -0.15) is 4.68 Å². The van der Waals surface area contributed by atoms with Crippen molar-refractivity contribution in [2.24, 2.45) is 7.05 Å². The van der Waals surface area contributed by atoms with Gasteiger partial charge >= 0.3 is 11.9 Å². The lowest BCUT2D eigenvalue weighted by Crippen LogP contribution is -2.38. The van der Waals surface area contributed by atoms with Crippen LogP contribution in [0.5, 0.6) is 11.5 Å². The predicted molar refractivity (Wildman–Crippen MR) is 110 cm³/mol. The molecule has 1 fully saturated rings. The van der Waals surface area contributed by atoms with Crippen LogP contribution in [0.1, 0.15) is 12.0 Å². The first-order valence-electron chi connectivity index (χ1n) is 9.83. The monoisotopic (exact) mass is 420 g/mol. The molecule has 0 radical (unpaired) electrons. The number of nitro groups is 1. The summed E-state index contributed by atoms with van der Waals surface area (Å²) in [5, 5.41) is 15.0. The first kappa shape index (κ1) is 21.8. The fourth-order valence-corrected chi connectivity index (χ4v) is 3.47. The van der Waals surface area contributed by atoms with Crippen LogP contribution in [-0.4, -0.2) is 78.2 Å². The maximum absolute atomic E-state index is 11.1. The highest BCUT2D eigenvalue weighted by Gasteiger charge is 2.25. The van der Waals surface area contributed by atoms with E-state index >= 15 is 0 Å². The van der Waals surface area contributed by atoms with Crippen LogP contribution in [-0.2, 0) is 18.3 Å². The molecule has 3 rings (SSSR count). The molecule has 0 aliphatic carbocycles. The van der Waals surface area contributed by atoms with Crippen LogP contribution in [0.4, 0.5) is 11.9 Å². The number of rotatable bonds is 10. The number of anilines is 1. The molecule has 11 heteroatoms. The van der Waals surface area contributed by atoms with Crippen molar-refractivity contribution >= 4 is 11.9 Å². The maximum atomic E-state index is 11.1. The van der Waals surface area contributed by atoms with Gasteiger partial charge in [0.2, 0.25) is 0 Å². The molecular formula is C19H28N6O5. The van der Waals surface area contributed by atoms with E-state index in [1.54, 1.807) is 21.3 Å². The minimum Gasteiger partial charge on any atom is -0.493 e. The highest BCUT2D eigenvalue weighted by molar-refractivity contribution is 5.44. The molecular weight excluding hydrogens is 392 g/mol. The Bertz CT molecular complexity index is 852. The van der Waals surface area contributed by atoms with Crippen molar-refractivity contribution in [3.8, 4) is 11.5 Å². The highest BCUT2D eigenvalue weighted by atomic mass is 16.6. The summed E-state index contributed by atoms with van der Waals surface area (Å²) in [5.41, 5.74) is 0.977. The van der Waals surface area contributed by atoms with Gasteiger partial charge in [-0.1, -0.05) is 6.07 Å². The Morgan fingerprint density at radius 3 is 2.60 bits per heavy atom. The van der Waals surface area contributed by atoms with E-state index in [1.807, 2.05) is 23.1 Å². The lowest BCUT2D eigenvalue weighted by atomic mass is 10.2. The minimum atomic E-state index is -0.578. The number of hydrogen-bond donors (Lipinski definition) is 0. The zero-order valence-electron chi connectivity index (χ0n) is 17.6.